The van der Waals surface area contributed by atoms with Crippen molar-refractivity contribution in [2.75, 3.05) is 18.5 Å². The number of hydrogen-bond acceptors (Lipinski definition) is 5. The normalized spacial score (nSPS) is 20.7. The molecule has 3 heterocycles. The second-order valence-corrected chi connectivity index (χ2v) is 6.19. The summed E-state index contributed by atoms with van der Waals surface area (Å²) in [4.78, 5) is 13.2. The lowest BCUT2D eigenvalue weighted by Gasteiger charge is -2.29. The summed E-state index contributed by atoms with van der Waals surface area (Å²) in [6.07, 6.45) is 0. The maximum Gasteiger partial charge on any atom is 0.312 e. The van der Waals surface area contributed by atoms with Gasteiger partial charge in [0.1, 0.15) is 11.5 Å². The van der Waals surface area contributed by atoms with Gasteiger partial charge in [-0.3, -0.25) is 4.79 Å². The van der Waals surface area contributed by atoms with Crippen LogP contribution in [-0.2, 0) is 9.53 Å². The zero-order chi connectivity index (χ0) is 15.0. The van der Waals surface area contributed by atoms with Gasteiger partial charge in [-0.15, -0.1) is 11.3 Å². The molecule has 0 aliphatic carbocycles. The molecule has 2 aromatic rings. The molecule has 0 bridgehead atoms. The van der Waals surface area contributed by atoms with Crippen LogP contribution in [0.3, 0.4) is 0 Å². The zero-order valence-electron chi connectivity index (χ0n) is 12.4. The van der Waals surface area contributed by atoms with E-state index in [1.54, 1.807) is 11.3 Å². The molecule has 0 radical (unpaired) electrons. The number of aryl methyl sites for hydroxylation is 1. The number of thiophene rings is 1. The van der Waals surface area contributed by atoms with Gasteiger partial charge < -0.3 is 10.1 Å². The van der Waals surface area contributed by atoms with Crippen LogP contribution in [0, 0.1) is 12.8 Å². The number of carbonyl (C=O) groups is 1. The summed E-state index contributed by atoms with van der Waals surface area (Å²) in [5.74, 6) is 0.605. The fraction of sp³-hybridized carbons (Fsp3) is 0.467. The van der Waals surface area contributed by atoms with Crippen LogP contribution < -0.4 is 5.32 Å². The molecular formula is C15H19N3O2S. The Morgan fingerprint density at radius 3 is 3.10 bits per heavy atom. The number of rotatable bonds is 3. The second-order valence-electron chi connectivity index (χ2n) is 5.27. The van der Waals surface area contributed by atoms with Crippen LogP contribution in [-0.4, -0.2) is 28.9 Å². The van der Waals surface area contributed by atoms with Crippen LogP contribution in [0.2, 0.25) is 0 Å². The van der Waals surface area contributed by atoms with Crippen LogP contribution in [0.1, 0.15) is 25.5 Å². The molecule has 3 rings (SSSR count). The quantitative estimate of drug-likeness (QED) is 0.885. The van der Waals surface area contributed by atoms with E-state index < -0.39 is 0 Å². The number of nitrogens with zero attached hydrogens (tertiary/aromatic N) is 2. The van der Waals surface area contributed by atoms with Gasteiger partial charge in [0, 0.05) is 12.6 Å². The van der Waals surface area contributed by atoms with E-state index in [1.807, 2.05) is 18.5 Å². The van der Waals surface area contributed by atoms with E-state index in [-0.39, 0.29) is 17.9 Å². The van der Waals surface area contributed by atoms with Crippen LogP contribution >= 0.6 is 11.3 Å². The van der Waals surface area contributed by atoms with Crippen molar-refractivity contribution in [2.24, 2.45) is 5.92 Å². The Hall–Kier alpha value is -1.82. The fourth-order valence-corrected chi connectivity index (χ4v) is 3.55. The Labute approximate surface area is 127 Å². The van der Waals surface area contributed by atoms with Crippen molar-refractivity contribution >= 4 is 23.1 Å². The maximum absolute atomic E-state index is 12.0. The summed E-state index contributed by atoms with van der Waals surface area (Å²) in [6, 6.07) is 4.14. The maximum atomic E-state index is 12.0. The lowest BCUT2D eigenvalue weighted by molar-refractivity contribution is -0.149. The summed E-state index contributed by atoms with van der Waals surface area (Å²) in [7, 11) is 0. The third kappa shape index (κ3) is 2.44. The van der Waals surface area contributed by atoms with E-state index in [0.29, 0.717) is 13.2 Å². The molecule has 1 N–H and O–H groups in total. The van der Waals surface area contributed by atoms with Crippen molar-refractivity contribution in [1.82, 2.24) is 9.78 Å². The van der Waals surface area contributed by atoms with E-state index in [0.717, 1.165) is 11.5 Å². The summed E-state index contributed by atoms with van der Waals surface area (Å²) < 4.78 is 7.05. The molecule has 1 aliphatic heterocycles. The number of carbonyl (C=O) groups excluding carboxylic acids is 1. The number of anilines is 1. The Morgan fingerprint density at radius 1 is 1.62 bits per heavy atom. The van der Waals surface area contributed by atoms with Gasteiger partial charge in [0.15, 0.2) is 0 Å². The molecule has 0 saturated carbocycles. The largest absolute Gasteiger partial charge is 0.466 e. The summed E-state index contributed by atoms with van der Waals surface area (Å²) in [5.41, 5.74) is 2.19. The van der Waals surface area contributed by atoms with E-state index in [9.17, 15) is 4.79 Å². The first kappa shape index (κ1) is 14.1. The number of hydrogen-bond donors (Lipinski definition) is 1. The third-order valence-corrected chi connectivity index (χ3v) is 4.93. The van der Waals surface area contributed by atoms with Gasteiger partial charge in [0.2, 0.25) is 0 Å². The smallest absolute Gasteiger partial charge is 0.312 e. The average Bonchev–Trinajstić information content (AvgIpc) is 3.05. The van der Waals surface area contributed by atoms with E-state index >= 15 is 0 Å². The highest BCUT2D eigenvalue weighted by molar-refractivity contribution is 7.13. The molecule has 0 spiro atoms. The first-order chi connectivity index (χ1) is 10.1. The highest BCUT2D eigenvalue weighted by atomic mass is 32.1. The van der Waals surface area contributed by atoms with Gasteiger partial charge >= 0.3 is 5.97 Å². The Bertz CT molecular complexity index is 662. The first-order valence-corrected chi connectivity index (χ1v) is 8.04. The lowest BCUT2D eigenvalue weighted by Crippen LogP contribution is -2.37. The lowest BCUT2D eigenvalue weighted by atomic mass is 10.00. The van der Waals surface area contributed by atoms with Gasteiger partial charge in [0.25, 0.3) is 0 Å². The minimum atomic E-state index is -0.199. The van der Waals surface area contributed by atoms with Crippen molar-refractivity contribution in [3.05, 3.63) is 23.1 Å². The topological polar surface area (TPSA) is 56.1 Å². The van der Waals surface area contributed by atoms with Crippen LogP contribution in [0.4, 0.5) is 5.82 Å². The van der Waals surface area contributed by atoms with Gasteiger partial charge in [0.05, 0.1) is 23.4 Å². The number of esters is 1. The van der Waals surface area contributed by atoms with Gasteiger partial charge in [-0.05, 0) is 37.8 Å². The van der Waals surface area contributed by atoms with Crippen LogP contribution in [0.15, 0.2) is 17.5 Å². The number of aromatic nitrogens is 2. The van der Waals surface area contributed by atoms with E-state index in [1.165, 1.54) is 10.4 Å². The Balaban J connectivity index is 1.90. The number of nitrogens with one attached hydrogen (secondary N) is 1. The molecule has 0 fully saturated rings. The monoisotopic (exact) mass is 305 g/mol. The molecule has 21 heavy (non-hydrogen) atoms. The standard InChI is InChI=1S/C15H19N3O2S/c1-4-20-15(19)11-8-16-13-7-12(17-18(13)10(11)3)14-9(2)5-6-21-14/h5-7,10-11,16H,4,8H2,1-3H3. The van der Waals surface area contributed by atoms with Crippen molar-refractivity contribution < 1.29 is 9.53 Å². The third-order valence-electron chi connectivity index (χ3n) is 3.89. The Morgan fingerprint density at radius 2 is 2.43 bits per heavy atom. The SMILES string of the molecule is CCOC(=O)C1CNc2cc(-c3sccc3C)nn2C1C. The van der Waals surface area contributed by atoms with E-state index in [4.69, 9.17) is 4.74 Å². The molecule has 5 nitrogen and oxygen atoms in total. The molecule has 1 aliphatic rings. The van der Waals surface area contributed by atoms with Crippen molar-refractivity contribution in [3.8, 4) is 10.6 Å². The van der Waals surface area contributed by atoms with Gasteiger partial charge in [-0.2, -0.15) is 5.10 Å². The molecule has 0 aromatic carbocycles. The molecule has 6 heteroatoms. The van der Waals surface area contributed by atoms with Crippen LogP contribution in [0.5, 0.6) is 0 Å². The van der Waals surface area contributed by atoms with Gasteiger partial charge in [-0.1, -0.05) is 0 Å². The highest BCUT2D eigenvalue weighted by Gasteiger charge is 2.33. The fourth-order valence-electron chi connectivity index (χ4n) is 2.67. The molecule has 112 valence electrons. The number of fused-ring (bicyclic) bond motifs is 1. The number of ether oxygens (including phenoxy) is 1. The van der Waals surface area contributed by atoms with Crippen molar-refractivity contribution in [3.63, 3.8) is 0 Å². The zero-order valence-corrected chi connectivity index (χ0v) is 13.2. The predicted molar refractivity (Wildman–Crippen MR) is 83.6 cm³/mol. The Kier molecular flexibility index (Phi) is 3.71. The minimum Gasteiger partial charge on any atom is -0.466 e. The molecule has 2 unspecified atom stereocenters. The van der Waals surface area contributed by atoms with Crippen molar-refractivity contribution in [1.29, 1.82) is 0 Å². The molecule has 2 aromatic heterocycles. The highest BCUT2D eigenvalue weighted by Crippen LogP contribution is 2.34. The summed E-state index contributed by atoms with van der Waals surface area (Å²) >= 11 is 1.69. The van der Waals surface area contributed by atoms with E-state index in [2.05, 4.69) is 34.9 Å². The predicted octanol–water partition coefficient (Wildman–Crippen LogP) is 3.09. The molecular weight excluding hydrogens is 286 g/mol. The van der Waals surface area contributed by atoms with Crippen molar-refractivity contribution in [2.45, 2.75) is 26.8 Å². The minimum absolute atomic E-state index is 0.00526. The summed E-state index contributed by atoms with van der Waals surface area (Å²) in [6.45, 7) is 6.93. The summed E-state index contributed by atoms with van der Waals surface area (Å²) in [5, 5.41) is 10.0. The first-order valence-electron chi connectivity index (χ1n) is 7.16. The second kappa shape index (κ2) is 5.52. The molecule has 2 atom stereocenters. The average molecular weight is 305 g/mol. The molecule has 0 amide bonds. The van der Waals surface area contributed by atoms with Crippen LogP contribution in [0.25, 0.3) is 10.6 Å². The molecule has 0 saturated heterocycles. The van der Waals surface area contributed by atoms with Gasteiger partial charge in [-0.25, -0.2) is 4.68 Å².